The summed E-state index contributed by atoms with van der Waals surface area (Å²) in [5.74, 6) is 0.761. The molecule has 0 heterocycles. The highest BCUT2D eigenvalue weighted by Crippen LogP contribution is 2.22. The number of nitrogens with two attached hydrogens (primary N) is 1. The summed E-state index contributed by atoms with van der Waals surface area (Å²) in [5, 5.41) is 3.47. The van der Waals surface area contributed by atoms with Crippen LogP contribution in [0, 0.1) is 0 Å². The van der Waals surface area contributed by atoms with Gasteiger partial charge in [0, 0.05) is 0 Å². The molecule has 1 aromatic rings. The molecule has 0 saturated heterocycles. The van der Waals surface area contributed by atoms with Crippen molar-refractivity contribution in [2.45, 2.75) is 39.0 Å². The molecule has 18 heavy (non-hydrogen) atoms. The van der Waals surface area contributed by atoms with Crippen molar-refractivity contribution < 1.29 is 4.74 Å². The molecule has 1 rings (SSSR count). The highest BCUT2D eigenvalue weighted by atomic mass is 16.5. The molecule has 3 heteroatoms. The van der Waals surface area contributed by atoms with Crippen molar-refractivity contribution in [2.24, 2.45) is 0 Å². The first-order valence-electron chi connectivity index (χ1n) is 6.91. The normalized spacial score (nSPS) is 10.6. The van der Waals surface area contributed by atoms with Gasteiger partial charge in [0.05, 0.1) is 12.8 Å². The maximum atomic E-state index is 5.88. The molecule has 1 aromatic carbocycles. The molecular weight excluding hydrogens is 224 g/mol. The van der Waals surface area contributed by atoms with Gasteiger partial charge in [0.1, 0.15) is 5.75 Å². The molecule has 0 aromatic heterocycles. The van der Waals surface area contributed by atoms with Crippen LogP contribution in [-0.4, -0.2) is 20.2 Å². The predicted molar refractivity (Wildman–Crippen MR) is 78.1 cm³/mol. The molecule has 3 nitrogen and oxygen atoms in total. The number of benzene rings is 1. The summed E-state index contributed by atoms with van der Waals surface area (Å²) in [6, 6.07) is 6.04. The van der Waals surface area contributed by atoms with Crippen LogP contribution < -0.4 is 15.8 Å². The van der Waals surface area contributed by atoms with E-state index in [4.69, 9.17) is 10.5 Å². The van der Waals surface area contributed by atoms with E-state index in [1.54, 1.807) is 7.11 Å². The van der Waals surface area contributed by atoms with Gasteiger partial charge in [-0.2, -0.15) is 0 Å². The van der Waals surface area contributed by atoms with Gasteiger partial charge in [-0.1, -0.05) is 25.8 Å². The van der Waals surface area contributed by atoms with E-state index < -0.39 is 0 Å². The largest absolute Gasteiger partial charge is 0.495 e. The Hall–Kier alpha value is -1.22. The van der Waals surface area contributed by atoms with Crippen LogP contribution in [0.2, 0.25) is 0 Å². The monoisotopic (exact) mass is 250 g/mol. The van der Waals surface area contributed by atoms with Crippen LogP contribution in [-0.2, 0) is 6.42 Å². The van der Waals surface area contributed by atoms with Gasteiger partial charge in [0.25, 0.3) is 0 Å². The van der Waals surface area contributed by atoms with Crippen LogP contribution in [0.15, 0.2) is 18.2 Å². The highest BCUT2D eigenvalue weighted by molar-refractivity contribution is 5.54. The third-order valence-corrected chi connectivity index (χ3v) is 3.07. The maximum Gasteiger partial charge on any atom is 0.141 e. The van der Waals surface area contributed by atoms with E-state index in [-0.39, 0.29) is 0 Å². The number of hydrogen-bond donors (Lipinski definition) is 2. The zero-order chi connectivity index (χ0) is 13.2. The quantitative estimate of drug-likeness (QED) is 0.523. The van der Waals surface area contributed by atoms with Crippen molar-refractivity contribution in [3.05, 3.63) is 23.8 Å². The van der Waals surface area contributed by atoms with E-state index in [1.165, 1.54) is 24.8 Å². The maximum absolute atomic E-state index is 5.88. The van der Waals surface area contributed by atoms with Crippen LogP contribution in [0.1, 0.15) is 38.2 Å². The van der Waals surface area contributed by atoms with Crippen LogP contribution in [0.3, 0.4) is 0 Å². The summed E-state index contributed by atoms with van der Waals surface area (Å²) in [6.07, 6.45) is 6.10. The fourth-order valence-electron chi connectivity index (χ4n) is 1.98. The molecule has 3 N–H and O–H groups in total. The average molecular weight is 250 g/mol. The number of unbranched alkanes of at least 4 members (excludes halogenated alkanes) is 2. The van der Waals surface area contributed by atoms with Crippen LogP contribution in [0.25, 0.3) is 0 Å². The summed E-state index contributed by atoms with van der Waals surface area (Å²) in [6.45, 7) is 4.45. The predicted octanol–water partition coefficient (Wildman–Crippen LogP) is 2.99. The van der Waals surface area contributed by atoms with E-state index in [9.17, 15) is 0 Å². The van der Waals surface area contributed by atoms with E-state index in [2.05, 4.69) is 18.3 Å². The molecule has 0 aliphatic carbocycles. The zero-order valence-electron chi connectivity index (χ0n) is 11.7. The number of ether oxygens (including phenoxy) is 1. The standard InChI is InChI=1S/C15H26N2O/c1-3-4-5-10-17-11-6-7-13-8-9-15(18-2)14(16)12-13/h8-9,12,17H,3-7,10-11,16H2,1-2H3. The van der Waals surface area contributed by atoms with Gasteiger partial charge >= 0.3 is 0 Å². The average Bonchev–Trinajstić information content (AvgIpc) is 2.38. The molecule has 0 aliphatic heterocycles. The lowest BCUT2D eigenvalue weighted by Crippen LogP contribution is -2.17. The number of aryl methyl sites for hydroxylation is 1. The Morgan fingerprint density at radius 2 is 1.94 bits per heavy atom. The fraction of sp³-hybridized carbons (Fsp3) is 0.600. The number of methoxy groups -OCH3 is 1. The summed E-state index contributed by atoms with van der Waals surface area (Å²) < 4.78 is 5.14. The Balaban J connectivity index is 2.17. The molecule has 0 atom stereocenters. The minimum atomic E-state index is 0.728. The first-order valence-corrected chi connectivity index (χ1v) is 6.91. The number of rotatable bonds is 9. The number of anilines is 1. The lowest BCUT2D eigenvalue weighted by molar-refractivity contribution is 0.417. The zero-order valence-corrected chi connectivity index (χ0v) is 11.7. The van der Waals surface area contributed by atoms with E-state index in [0.717, 1.165) is 37.4 Å². The van der Waals surface area contributed by atoms with Crippen LogP contribution >= 0.6 is 0 Å². The van der Waals surface area contributed by atoms with Crippen LogP contribution in [0.5, 0.6) is 5.75 Å². The molecule has 0 saturated carbocycles. The van der Waals surface area contributed by atoms with Crippen molar-refractivity contribution in [1.82, 2.24) is 5.32 Å². The minimum Gasteiger partial charge on any atom is -0.495 e. The summed E-state index contributed by atoms with van der Waals surface area (Å²) in [5.41, 5.74) is 7.89. The Morgan fingerprint density at radius 1 is 1.17 bits per heavy atom. The van der Waals surface area contributed by atoms with E-state index >= 15 is 0 Å². The van der Waals surface area contributed by atoms with Crippen molar-refractivity contribution in [3.8, 4) is 5.75 Å². The molecule has 0 fully saturated rings. The van der Waals surface area contributed by atoms with Gasteiger partial charge in [-0.15, -0.1) is 0 Å². The lowest BCUT2D eigenvalue weighted by Gasteiger charge is -2.08. The van der Waals surface area contributed by atoms with Crippen molar-refractivity contribution in [1.29, 1.82) is 0 Å². The molecule has 102 valence electrons. The Bertz CT molecular complexity index is 339. The summed E-state index contributed by atoms with van der Waals surface area (Å²) in [7, 11) is 1.64. The Kier molecular flexibility index (Phi) is 7.26. The van der Waals surface area contributed by atoms with Crippen molar-refractivity contribution >= 4 is 5.69 Å². The van der Waals surface area contributed by atoms with Gasteiger partial charge in [-0.25, -0.2) is 0 Å². The third-order valence-electron chi connectivity index (χ3n) is 3.07. The third kappa shape index (κ3) is 5.41. The van der Waals surface area contributed by atoms with Crippen molar-refractivity contribution in [3.63, 3.8) is 0 Å². The Labute approximate surface area is 111 Å². The van der Waals surface area contributed by atoms with Gasteiger partial charge in [0.2, 0.25) is 0 Å². The van der Waals surface area contributed by atoms with Gasteiger partial charge in [0.15, 0.2) is 0 Å². The second-order valence-electron chi connectivity index (χ2n) is 4.64. The van der Waals surface area contributed by atoms with Crippen molar-refractivity contribution in [2.75, 3.05) is 25.9 Å². The molecule has 0 amide bonds. The van der Waals surface area contributed by atoms with Crippen LogP contribution in [0.4, 0.5) is 5.69 Å². The number of nitrogen functional groups attached to an aromatic ring is 1. The number of nitrogens with one attached hydrogen (secondary N) is 1. The molecule has 0 aliphatic rings. The Morgan fingerprint density at radius 3 is 2.61 bits per heavy atom. The van der Waals surface area contributed by atoms with Gasteiger partial charge < -0.3 is 15.8 Å². The topological polar surface area (TPSA) is 47.3 Å². The fourth-order valence-corrected chi connectivity index (χ4v) is 1.98. The minimum absolute atomic E-state index is 0.728. The number of hydrogen-bond acceptors (Lipinski definition) is 3. The smallest absolute Gasteiger partial charge is 0.141 e. The summed E-state index contributed by atoms with van der Waals surface area (Å²) in [4.78, 5) is 0. The second-order valence-corrected chi connectivity index (χ2v) is 4.64. The van der Waals surface area contributed by atoms with Gasteiger partial charge in [-0.3, -0.25) is 0 Å². The van der Waals surface area contributed by atoms with Gasteiger partial charge in [-0.05, 0) is 50.0 Å². The second kappa shape index (κ2) is 8.81. The first-order chi connectivity index (χ1) is 8.77. The molecular formula is C15H26N2O. The SMILES string of the molecule is CCCCCNCCCc1ccc(OC)c(N)c1. The lowest BCUT2D eigenvalue weighted by atomic mass is 10.1. The molecule has 0 spiro atoms. The molecule has 0 bridgehead atoms. The highest BCUT2D eigenvalue weighted by Gasteiger charge is 2.00. The van der Waals surface area contributed by atoms with E-state index in [0.29, 0.717) is 0 Å². The molecule has 0 unspecified atom stereocenters. The summed E-state index contributed by atoms with van der Waals surface area (Å²) >= 11 is 0. The first kappa shape index (κ1) is 14.8. The molecule has 0 radical (unpaired) electrons. The van der Waals surface area contributed by atoms with E-state index in [1.807, 2.05) is 12.1 Å².